The fourth-order valence-corrected chi connectivity index (χ4v) is 7.30. The number of benzene rings is 7. The van der Waals surface area contributed by atoms with E-state index < -0.39 is 9.21 Å². The molecule has 2 N–H and O–H groups in total. The van der Waals surface area contributed by atoms with Crippen molar-refractivity contribution in [2.24, 2.45) is 0 Å². The second kappa shape index (κ2) is 13.4. The van der Waals surface area contributed by atoms with Crippen molar-refractivity contribution < 1.29 is 10.2 Å². The topological polar surface area (TPSA) is 40.5 Å². The fraction of sp³-hybridized carbons (Fsp3) is 0.0667. The highest BCUT2D eigenvalue weighted by molar-refractivity contribution is 14.1. The number of rotatable bonds is 8. The van der Waals surface area contributed by atoms with Crippen molar-refractivity contribution >= 4 is 22.6 Å². The van der Waals surface area contributed by atoms with Crippen molar-refractivity contribution in [3.63, 3.8) is 0 Å². The maximum atomic E-state index is 12.4. The van der Waals surface area contributed by atoms with E-state index in [0.29, 0.717) is 0 Å². The predicted octanol–water partition coefficient (Wildman–Crippen LogP) is 11.2. The Labute approximate surface area is 296 Å². The Kier molecular flexibility index (Phi) is 8.84. The first kappa shape index (κ1) is 31.8. The Bertz CT molecular complexity index is 2170. The van der Waals surface area contributed by atoms with Crippen LogP contribution in [0.3, 0.4) is 0 Å². The molecule has 0 spiro atoms. The molecule has 234 valence electrons. The van der Waals surface area contributed by atoms with Crippen LogP contribution in [0.5, 0.6) is 0 Å². The van der Waals surface area contributed by atoms with Gasteiger partial charge >= 0.3 is 0 Å². The summed E-state index contributed by atoms with van der Waals surface area (Å²) in [4.78, 5) is 0. The fourth-order valence-electron chi connectivity index (χ4n) is 6.61. The standard InChI is InChI=1S/C45H35IO2/c1-44(47,42-25-12-10-22-39(42)34-17-6-3-7-18-34)43-26-13-11-24-41(43)40-23-9-8-21-38(40)35-19-14-20-37(31-35)45(46,48)36-29-27-33(28-30-36)32-15-4-2-5-16-32/h2-31,47-48H,1H3. The minimum absolute atomic E-state index is 0.792. The summed E-state index contributed by atoms with van der Waals surface area (Å²) in [6, 6.07) is 61.2. The smallest absolute Gasteiger partial charge is 0.166 e. The van der Waals surface area contributed by atoms with Gasteiger partial charge in [0, 0.05) is 0 Å². The lowest BCUT2D eigenvalue weighted by Gasteiger charge is -2.30. The van der Waals surface area contributed by atoms with Gasteiger partial charge in [-0.05, 0) is 102 Å². The van der Waals surface area contributed by atoms with Crippen molar-refractivity contribution in [2.75, 3.05) is 0 Å². The summed E-state index contributed by atoms with van der Waals surface area (Å²) in [6.07, 6.45) is 0. The predicted molar refractivity (Wildman–Crippen MR) is 207 cm³/mol. The quantitative estimate of drug-likeness (QED) is 0.121. The van der Waals surface area contributed by atoms with E-state index in [2.05, 4.69) is 95.4 Å². The summed E-state index contributed by atoms with van der Waals surface area (Å²) in [7, 11) is 0. The van der Waals surface area contributed by atoms with E-state index in [9.17, 15) is 10.2 Å². The van der Waals surface area contributed by atoms with Crippen LogP contribution < -0.4 is 0 Å². The number of alkyl halides is 1. The van der Waals surface area contributed by atoms with Gasteiger partial charge in [0.25, 0.3) is 0 Å². The zero-order chi connectivity index (χ0) is 33.1. The summed E-state index contributed by atoms with van der Waals surface area (Å²) in [5, 5.41) is 24.4. The van der Waals surface area contributed by atoms with Crippen molar-refractivity contribution in [3.05, 3.63) is 204 Å². The SMILES string of the molecule is CC(O)(c1ccccc1-c1ccccc1)c1ccccc1-c1ccccc1-c1cccc(C(O)(I)c2ccc(-c3ccccc3)cc2)c1. The van der Waals surface area contributed by atoms with Gasteiger partial charge in [-0.2, -0.15) is 0 Å². The maximum absolute atomic E-state index is 12.4. The Balaban J connectivity index is 1.28. The number of aliphatic hydroxyl groups is 2. The molecule has 0 bridgehead atoms. The van der Waals surface area contributed by atoms with Crippen LogP contribution >= 0.6 is 22.6 Å². The average Bonchev–Trinajstić information content (AvgIpc) is 3.15. The van der Waals surface area contributed by atoms with Gasteiger partial charge in [-0.3, -0.25) is 0 Å². The minimum atomic E-state index is -1.29. The molecule has 0 aliphatic heterocycles. The van der Waals surface area contributed by atoms with Gasteiger partial charge in [0.2, 0.25) is 0 Å². The van der Waals surface area contributed by atoms with Crippen LogP contribution in [-0.4, -0.2) is 10.2 Å². The molecule has 3 heteroatoms. The van der Waals surface area contributed by atoms with Crippen LogP contribution in [-0.2, 0) is 9.21 Å². The summed E-state index contributed by atoms with van der Waals surface area (Å²) in [5.41, 5.74) is 10.2. The zero-order valence-electron chi connectivity index (χ0n) is 26.6. The summed E-state index contributed by atoms with van der Waals surface area (Å²) in [5.74, 6) is 0. The van der Waals surface area contributed by atoms with Crippen LogP contribution in [0.25, 0.3) is 44.5 Å². The summed E-state index contributed by atoms with van der Waals surface area (Å²) < 4.78 is -1.24. The minimum Gasteiger partial charge on any atom is -0.381 e. The summed E-state index contributed by atoms with van der Waals surface area (Å²) in [6.45, 7) is 1.89. The van der Waals surface area contributed by atoms with Gasteiger partial charge in [0.05, 0.1) is 0 Å². The molecule has 0 aliphatic rings. The van der Waals surface area contributed by atoms with Gasteiger partial charge in [0.1, 0.15) is 5.60 Å². The molecule has 0 radical (unpaired) electrons. The molecule has 0 aliphatic carbocycles. The first-order chi connectivity index (χ1) is 23.3. The normalized spacial score (nSPS) is 13.8. The Morgan fingerprint density at radius 1 is 0.375 bits per heavy atom. The van der Waals surface area contributed by atoms with E-state index in [4.69, 9.17) is 0 Å². The largest absolute Gasteiger partial charge is 0.381 e. The highest BCUT2D eigenvalue weighted by atomic mass is 127. The van der Waals surface area contributed by atoms with Crippen LogP contribution in [0.1, 0.15) is 29.2 Å². The van der Waals surface area contributed by atoms with Gasteiger partial charge in [-0.25, -0.2) is 0 Å². The third-order valence-electron chi connectivity index (χ3n) is 9.14. The monoisotopic (exact) mass is 734 g/mol. The Hall–Kier alpha value is -4.81. The molecule has 0 heterocycles. The molecule has 7 aromatic carbocycles. The molecule has 7 rings (SSSR count). The number of halogens is 1. The zero-order valence-corrected chi connectivity index (χ0v) is 28.8. The van der Waals surface area contributed by atoms with Crippen molar-refractivity contribution in [3.8, 4) is 44.5 Å². The second-order valence-corrected chi connectivity index (χ2v) is 13.8. The van der Waals surface area contributed by atoms with Crippen molar-refractivity contribution in [1.82, 2.24) is 0 Å². The first-order valence-electron chi connectivity index (χ1n) is 16.1. The number of hydrogen-bond acceptors (Lipinski definition) is 2. The molecule has 0 saturated heterocycles. The lowest BCUT2D eigenvalue weighted by atomic mass is 9.79. The van der Waals surface area contributed by atoms with Gasteiger partial charge in [0.15, 0.2) is 3.61 Å². The average molecular weight is 735 g/mol. The first-order valence-corrected chi connectivity index (χ1v) is 17.2. The highest BCUT2D eigenvalue weighted by Crippen LogP contribution is 2.44. The van der Waals surface area contributed by atoms with Crippen LogP contribution in [0.4, 0.5) is 0 Å². The molecule has 7 aromatic rings. The van der Waals surface area contributed by atoms with E-state index in [0.717, 1.165) is 66.8 Å². The van der Waals surface area contributed by atoms with E-state index in [-0.39, 0.29) is 0 Å². The van der Waals surface area contributed by atoms with Gasteiger partial charge in [-0.15, -0.1) is 0 Å². The lowest BCUT2D eigenvalue weighted by Crippen LogP contribution is -2.24. The molecule has 2 atom stereocenters. The molecular weight excluding hydrogens is 699 g/mol. The van der Waals surface area contributed by atoms with E-state index >= 15 is 0 Å². The molecule has 2 unspecified atom stereocenters. The van der Waals surface area contributed by atoms with Gasteiger partial charge < -0.3 is 10.2 Å². The molecular formula is C45H35IO2. The van der Waals surface area contributed by atoms with E-state index in [1.165, 1.54) is 0 Å². The highest BCUT2D eigenvalue weighted by Gasteiger charge is 2.32. The van der Waals surface area contributed by atoms with E-state index in [1.807, 2.05) is 116 Å². The third-order valence-corrected chi connectivity index (χ3v) is 10.4. The Morgan fingerprint density at radius 2 is 0.833 bits per heavy atom. The molecule has 0 aromatic heterocycles. The van der Waals surface area contributed by atoms with Crippen LogP contribution in [0.15, 0.2) is 182 Å². The second-order valence-electron chi connectivity index (χ2n) is 12.2. The Morgan fingerprint density at radius 3 is 1.48 bits per heavy atom. The molecule has 48 heavy (non-hydrogen) atoms. The summed E-state index contributed by atoms with van der Waals surface area (Å²) >= 11 is 2.14. The van der Waals surface area contributed by atoms with Crippen LogP contribution in [0.2, 0.25) is 0 Å². The maximum Gasteiger partial charge on any atom is 0.166 e. The molecule has 2 nitrogen and oxygen atoms in total. The van der Waals surface area contributed by atoms with Crippen LogP contribution in [0, 0.1) is 0 Å². The molecule has 0 amide bonds. The number of hydrogen-bond donors (Lipinski definition) is 2. The van der Waals surface area contributed by atoms with E-state index in [1.54, 1.807) is 0 Å². The third kappa shape index (κ3) is 6.13. The lowest BCUT2D eigenvalue weighted by molar-refractivity contribution is 0.103. The molecule has 0 saturated carbocycles. The van der Waals surface area contributed by atoms with Crippen molar-refractivity contribution in [1.29, 1.82) is 0 Å². The molecule has 0 fully saturated rings. The van der Waals surface area contributed by atoms with Crippen molar-refractivity contribution in [2.45, 2.75) is 16.1 Å². The van der Waals surface area contributed by atoms with Gasteiger partial charge in [-0.1, -0.05) is 176 Å².